The molecule has 0 saturated carbocycles. The monoisotopic (exact) mass is 162 g/mol. The van der Waals surface area contributed by atoms with Crippen LogP contribution in [0.5, 0.6) is 0 Å². The van der Waals surface area contributed by atoms with E-state index in [1.54, 1.807) is 0 Å². The molecule has 1 rings (SSSR count). The predicted molar refractivity (Wildman–Crippen MR) is 40.0 cm³/mol. The second-order valence-electron chi connectivity index (χ2n) is 1.49. The van der Waals surface area contributed by atoms with Crippen LogP contribution in [0.2, 0.25) is 0 Å². The normalized spacial score (nSPS) is 6.55. The Labute approximate surface area is 86.6 Å². The minimum atomic E-state index is 0. The van der Waals surface area contributed by atoms with Crippen molar-refractivity contribution in [2.75, 3.05) is 5.73 Å². The van der Waals surface area contributed by atoms with Gasteiger partial charge in [0.2, 0.25) is 0 Å². The van der Waals surface area contributed by atoms with Crippen LogP contribution in [0, 0.1) is 10.1 Å². The molecule has 1 aromatic rings. The van der Waals surface area contributed by atoms with Crippen molar-refractivity contribution in [3.8, 4) is 0 Å². The largest absolute Gasteiger partial charge is 1.00 e. The zero-order valence-corrected chi connectivity index (χ0v) is 8.23. The fourth-order valence-corrected chi connectivity index (χ4v) is 0.453. The van der Waals surface area contributed by atoms with Crippen LogP contribution in [-0.4, -0.2) is 0 Å². The molecule has 0 heterocycles. The maximum Gasteiger partial charge on any atom is 1.00 e. The molecule has 0 fully saturated rings. The second-order valence-corrected chi connectivity index (χ2v) is 1.49. The summed E-state index contributed by atoms with van der Waals surface area (Å²) in [4.78, 5) is 8.00. The Hall–Kier alpha value is -0.580. The van der Waals surface area contributed by atoms with Crippen LogP contribution in [0.15, 0.2) is 35.7 Å². The number of nitrogens with zero attached hydrogens (tertiary/aromatic N) is 1. The molecule has 0 aliphatic heterocycles. The van der Waals surface area contributed by atoms with E-state index in [2.05, 4.69) is 0 Å². The van der Waals surface area contributed by atoms with E-state index in [0.29, 0.717) is 0 Å². The zero-order chi connectivity index (χ0) is 7.82. The van der Waals surface area contributed by atoms with Gasteiger partial charge in [-0.15, -0.1) is 5.34 Å². The van der Waals surface area contributed by atoms with Crippen LogP contribution >= 0.6 is 0 Å². The van der Waals surface area contributed by atoms with Crippen molar-refractivity contribution in [3.05, 3.63) is 40.4 Å². The predicted octanol–water partition coefficient (Wildman–Crippen LogP) is -1.48. The minimum Gasteiger partial charge on any atom is -0.444 e. The maximum absolute atomic E-state index is 8.00. The van der Waals surface area contributed by atoms with Gasteiger partial charge in [-0.25, -0.2) is 0 Å². The van der Waals surface area contributed by atoms with E-state index in [4.69, 9.17) is 15.8 Å². The fourth-order valence-electron chi connectivity index (χ4n) is 0.453. The van der Waals surface area contributed by atoms with Crippen LogP contribution in [0.3, 0.4) is 0 Å². The number of hydrogen-bond acceptors (Lipinski definition) is 4. The van der Waals surface area contributed by atoms with Gasteiger partial charge in [0.05, 0.1) is 0 Å². The topological polar surface area (TPSA) is 78.5 Å². The maximum atomic E-state index is 8.00. The molecule has 2 N–H and O–H groups in total. The van der Waals surface area contributed by atoms with Gasteiger partial charge in [0, 0.05) is 5.69 Å². The third-order valence-corrected chi connectivity index (χ3v) is 0.800. The summed E-state index contributed by atoms with van der Waals surface area (Å²) < 4.78 is 0. The van der Waals surface area contributed by atoms with Crippen molar-refractivity contribution in [3.63, 3.8) is 0 Å². The molecule has 0 aliphatic carbocycles. The van der Waals surface area contributed by atoms with Crippen LogP contribution < -0.4 is 35.3 Å². The van der Waals surface area contributed by atoms with E-state index < -0.39 is 0 Å². The van der Waals surface area contributed by atoms with Crippen molar-refractivity contribution in [1.82, 2.24) is 0 Å². The smallest absolute Gasteiger partial charge is 0.444 e. The Bertz CT molecular complexity index is 181. The van der Waals surface area contributed by atoms with Gasteiger partial charge in [-0.1, -0.05) is 18.2 Å². The first-order valence-corrected chi connectivity index (χ1v) is 2.56. The molecule has 0 spiro atoms. The number of benzene rings is 1. The van der Waals surface area contributed by atoms with Gasteiger partial charge >= 0.3 is 29.6 Å². The summed E-state index contributed by atoms with van der Waals surface area (Å²) in [5.74, 6) is 0. The van der Waals surface area contributed by atoms with Gasteiger partial charge in [0.15, 0.2) is 0 Å². The van der Waals surface area contributed by atoms with E-state index in [0.717, 1.165) is 11.0 Å². The van der Waals surface area contributed by atoms with Gasteiger partial charge in [0.1, 0.15) is 0 Å². The molecule has 0 aromatic heterocycles. The molecule has 4 nitrogen and oxygen atoms in total. The SMILES string of the molecule is Nc1ccccc1.O=N[O-].[Na+]. The Morgan fingerprint density at radius 2 is 1.64 bits per heavy atom. The standard InChI is InChI=1S/C6H7N.HNO2.Na/c7-6-4-2-1-3-5-6;2-1-3;/h1-5H,7H2;(H,2,3);/q;;+1/p-1. The number of rotatable bonds is 0. The van der Waals surface area contributed by atoms with Crippen LogP contribution in [0.1, 0.15) is 0 Å². The van der Waals surface area contributed by atoms with Crippen molar-refractivity contribution in [1.29, 1.82) is 0 Å². The number of para-hydroxylation sites is 1. The average molecular weight is 162 g/mol. The summed E-state index contributed by atoms with van der Waals surface area (Å²) in [6.07, 6.45) is 0. The van der Waals surface area contributed by atoms with Gasteiger partial charge in [-0.05, 0) is 12.1 Å². The molecule has 54 valence electrons. The molecule has 11 heavy (non-hydrogen) atoms. The summed E-state index contributed by atoms with van der Waals surface area (Å²) in [5.41, 5.74) is 6.18. The summed E-state index contributed by atoms with van der Waals surface area (Å²) in [6.45, 7) is 0. The van der Waals surface area contributed by atoms with E-state index in [1.165, 1.54) is 0 Å². The molecular formula is C6H7N2NaO2. The molecule has 0 aliphatic rings. The van der Waals surface area contributed by atoms with E-state index in [-0.39, 0.29) is 29.6 Å². The molecule has 0 radical (unpaired) electrons. The van der Waals surface area contributed by atoms with E-state index in [9.17, 15) is 0 Å². The fraction of sp³-hybridized carbons (Fsp3) is 0. The number of nitrogen functional groups attached to an aromatic ring is 1. The molecular weight excluding hydrogens is 155 g/mol. The van der Waals surface area contributed by atoms with Crippen molar-refractivity contribution in [2.24, 2.45) is 5.34 Å². The van der Waals surface area contributed by atoms with E-state index >= 15 is 0 Å². The second kappa shape index (κ2) is 9.42. The number of nitrogens with two attached hydrogens (primary N) is 1. The molecule has 0 saturated heterocycles. The summed E-state index contributed by atoms with van der Waals surface area (Å²) in [6, 6.07) is 9.49. The Kier molecular flexibility index (Phi) is 11.2. The van der Waals surface area contributed by atoms with Gasteiger partial charge in [0.25, 0.3) is 0 Å². The molecule has 0 bridgehead atoms. The Balaban J connectivity index is 0. The molecule has 0 amide bonds. The van der Waals surface area contributed by atoms with E-state index in [1.807, 2.05) is 30.3 Å². The average Bonchev–Trinajstić information content (AvgIpc) is 1.91. The minimum absolute atomic E-state index is 0. The molecule has 0 unspecified atom stereocenters. The van der Waals surface area contributed by atoms with Crippen LogP contribution in [0.4, 0.5) is 5.69 Å². The van der Waals surface area contributed by atoms with Gasteiger partial charge in [-0.2, -0.15) is 0 Å². The first kappa shape index (κ1) is 13.0. The molecule has 0 atom stereocenters. The quantitative estimate of drug-likeness (QED) is 0.219. The van der Waals surface area contributed by atoms with Crippen LogP contribution in [0.25, 0.3) is 0 Å². The number of anilines is 1. The van der Waals surface area contributed by atoms with Crippen LogP contribution in [-0.2, 0) is 0 Å². The first-order chi connectivity index (χ1) is 4.81. The van der Waals surface area contributed by atoms with Crippen molar-refractivity contribution < 1.29 is 29.6 Å². The zero-order valence-electron chi connectivity index (χ0n) is 6.23. The first-order valence-electron chi connectivity index (χ1n) is 2.56. The molecule has 1 aromatic carbocycles. The third kappa shape index (κ3) is 9.42. The Morgan fingerprint density at radius 3 is 1.82 bits per heavy atom. The summed E-state index contributed by atoms with van der Waals surface area (Å²) in [5, 5.41) is 9.00. The summed E-state index contributed by atoms with van der Waals surface area (Å²) >= 11 is 0. The van der Waals surface area contributed by atoms with Crippen molar-refractivity contribution in [2.45, 2.75) is 0 Å². The van der Waals surface area contributed by atoms with Crippen molar-refractivity contribution >= 4 is 5.69 Å². The third-order valence-electron chi connectivity index (χ3n) is 0.800. The van der Waals surface area contributed by atoms with Gasteiger partial charge < -0.3 is 15.8 Å². The van der Waals surface area contributed by atoms with Gasteiger partial charge in [-0.3, -0.25) is 0 Å². The summed E-state index contributed by atoms with van der Waals surface area (Å²) in [7, 11) is 0. The molecule has 5 heteroatoms. The Morgan fingerprint density at radius 1 is 1.27 bits per heavy atom. The number of hydrogen-bond donors (Lipinski definition) is 1.